The van der Waals surface area contributed by atoms with E-state index in [4.69, 9.17) is 14.4 Å². The summed E-state index contributed by atoms with van der Waals surface area (Å²) in [5.74, 6) is 0.823. The molecule has 5 aromatic carbocycles. The molecule has 46 heavy (non-hydrogen) atoms. The van der Waals surface area contributed by atoms with Gasteiger partial charge in [0.1, 0.15) is 16.8 Å². The Morgan fingerprint density at radius 2 is 1.48 bits per heavy atom. The molecule has 1 radical (unpaired) electrons. The maximum Gasteiger partial charge on any atom is 0.219 e. The van der Waals surface area contributed by atoms with Gasteiger partial charge in [-0.25, -0.2) is 4.98 Å². The fourth-order valence-corrected chi connectivity index (χ4v) is 6.15. The van der Waals surface area contributed by atoms with Crippen molar-refractivity contribution >= 4 is 66.3 Å². The fraction of sp³-hybridized carbons (Fsp3) is 0.0513. The summed E-state index contributed by atoms with van der Waals surface area (Å²) in [5, 5.41) is 3.25. The minimum atomic E-state index is 0. The van der Waals surface area contributed by atoms with Gasteiger partial charge in [0.25, 0.3) is 0 Å². The number of para-hydroxylation sites is 4. The van der Waals surface area contributed by atoms with Gasteiger partial charge in [-0.05, 0) is 53.5 Å². The van der Waals surface area contributed by atoms with Gasteiger partial charge in [0.05, 0.1) is 16.6 Å². The van der Waals surface area contributed by atoms with E-state index in [9.17, 15) is 0 Å². The van der Waals surface area contributed by atoms with E-state index in [-0.39, 0.29) is 20.1 Å². The first-order valence-corrected chi connectivity index (χ1v) is 14.9. The van der Waals surface area contributed by atoms with E-state index in [1.165, 1.54) is 11.1 Å². The smallest absolute Gasteiger partial charge is 0.219 e. The van der Waals surface area contributed by atoms with Crippen LogP contribution in [0.4, 0.5) is 0 Å². The zero-order valence-corrected chi connectivity index (χ0v) is 27.3. The number of aryl methyl sites for hydroxylation is 2. The standard InChI is InChI=1S/C26H13N4O.C13H12N.Ir/c1-6-12-23-15(7-1)16-13-17-22(14-24(16)31-23)29-20-10-4-3-9-19(20)28-26(29)30-21-11-5-2-8-18(21)27-25(17)30;1-10-3-6-12(7-4-10)13-8-5-11(2)9-14-13;/h1-10,12-14H;3-6,8-9H,1-2H3;/q2*-1;. The van der Waals surface area contributed by atoms with Crippen LogP contribution in [0.25, 0.3) is 77.6 Å². The van der Waals surface area contributed by atoms with Crippen molar-refractivity contribution in [3.8, 4) is 11.3 Å². The normalized spacial score (nSPS) is 11.5. The summed E-state index contributed by atoms with van der Waals surface area (Å²) in [5.41, 5.74) is 11.9. The number of nitrogens with zero attached hydrogens (tertiary/aromatic N) is 5. The van der Waals surface area contributed by atoms with Crippen LogP contribution >= 0.6 is 0 Å². The van der Waals surface area contributed by atoms with Crippen molar-refractivity contribution in [1.82, 2.24) is 23.8 Å². The van der Waals surface area contributed by atoms with Crippen molar-refractivity contribution in [2.45, 2.75) is 13.8 Å². The summed E-state index contributed by atoms with van der Waals surface area (Å²) in [6.07, 6.45) is 1.88. The van der Waals surface area contributed by atoms with Crippen LogP contribution in [-0.4, -0.2) is 23.8 Å². The van der Waals surface area contributed by atoms with Gasteiger partial charge >= 0.3 is 0 Å². The van der Waals surface area contributed by atoms with Crippen LogP contribution < -0.4 is 0 Å². The average molecular weight is 772 g/mol. The average Bonchev–Trinajstić information content (AvgIpc) is 3.76. The first-order chi connectivity index (χ1) is 22.1. The maximum atomic E-state index is 6.20. The van der Waals surface area contributed by atoms with Crippen molar-refractivity contribution < 1.29 is 24.5 Å². The number of hydrogen-bond acceptors (Lipinski definition) is 4. The molecule has 0 aliphatic rings. The predicted octanol–water partition coefficient (Wildman–Crippen LogP) is 9.30. The van der Waals surface area contributed by atoms with Crippen molar-refractivity contribution in [3.63, 3.8) is 0 Å². The first-order valence-electron chi connectivity index (χ1n) is 14.9. The number of imidazole rings is 2. The molecule has 5 aromatic heterocycles. The minimum Gasteiger partial charge on any atom is -0.456 e. The number of hydrogen-bond donors (Lipinski definition) is 0. The van der Waals surface area contributed by atoms with Gasteiger partial charge in [0.15, 0.2) is 0 Å². The van der Waals surface area contributed by atoms with E-state index in [0.717, 1.165) is 77.6 Å². The van der Waals surface area contributed by atoms with E-state index in [1.807, 2.05) is 85.9 Å². The molecule has 0 atom stereocenters. The maximum absolute atomic E-state index is 6.20. The molecule has 7 heteroatoms. The Morgan fingerprint density at radius 1 is 0.652 bits per heavy atom. The molecular formula is C39H25IrN5O-2. The summed E-state index contributed by atoms with van der Waals surface area (Å²) in [6.45, 7) is 4.10. The third-order valence-electron chi connectivity index (χ3n) is 8.35. The Hall–Kier alpha value is -5.36. The Labute approximate surface area is 277 Å². The molecule has 0 saturated carbocycles. The quantitative estimate of drug-likeness (QED) is 0.156. The Balaban J connectivity index is 0.000000177. The first kappa shape index (κ1) is 28.1. The molecule has 5 heterocycles. The van der Waals surface area contributed by atoms with Crippen LogP contribution in [-0.2, 0) is 20.1 Å². The Morgan fingerprint density at radius 3 is 2.33 bits per heavy atom. The molecule has 0 unspecified atom stereocenters. The number of fused-ring (bicyclic) bond motifs is 13. The monoisotopic (exact) mass is 772 g/mol. The molecule has 0 N–H and O–H groups in total. The number of rotatable bonds is 1. The van der Waals surface area contributed by atoms with Gasteiger partial charge in [-0.3, -0.25) is 13.8 Å². The van der Waals surface area contributed by atoms with E-state index in [0.29, 0.717) is 0 Å². The van der Waals surface area contributed by atoms with Crippen LogP contribution in [0.5, 0.6) is 0 Å². The van der Waals surface area contributed by atoms with Crippen LogP contribution in [0.2, 0.25) is 0 Å². The summed E-state index contributed by atoms with van der Waals surface area (Å²) in [4.78, 5) is 14.3. The molecule has 0 fully saturated rings. The zero-order chi connectivity index (χ0) is 30.1. The molecule has 0 saturated heterocycles. The second kappa shape index (κ2) is 10.9. The predicted molar refractivity (Wildman–Crippen MR) is 181 cm³/mol. The summed E-state index contributed by atoms with van der Waals surface area (Å²) in [6, 6.07) is 43.4. The number of furan rings is 1. The summed E-state index contributed by atoms with van der Waals surface area (Å²) >= 11 is 0. The molecule has 0 spiro atoms. The number of pyridine rings is 1. The van der Waals surface area contributed by atoms with E-state index < -0.39 is 0 Å². The van der Waals surface area contributed by atoms with Crippen LogP contribution in [0.1, 0.15) is 11.1 Å². The Bertz CT molecular complexity index is 2680. The molecule has 223 valence electrons. The second-order valence-electron chi connectivity index (χ2n) is 11.4. The topological polar surface area (TPSA) is 60.6 Å². The molecule has 6 nitrogen and oxygen atoms in total. The van der Waals surface area contributed by atoms with E-state index in [1.54, 1.807) is 0 Å². The fourth-order valence-electron chi connectivity index (χ4n) is 6.15. The van der Waals surface area contributed by atoms with Gasteiger partial charge in [0.2, 0.25) is 5.78 Å². The van der Waals surface area contributed by atoms with Crippen LogP contribution in [0.3, 0.4) is 0 Å². The van der Waals surface area contributed by atoms with E-state index in [2.05, 4.69) is 69.2 Å². The van der Waals surface area contributed by atoms with Gasteiger partial charge in [-0.2, -0.15) is 18.2 Å². The van der Waals surface area contributed by atoms with Gasteiger partial charge < -0.3 is 9.40 Å². The SMILES string of the molecule is Cc1c[c-]c(-c2ccc(C)cn2)cc1.[Ir].[c-]1cccc2nc3c4cc5c(cc4n4c6ccccc6nc4n3c12)oc1ccccc15. The van der Waals surface area contributed by atoms with Crippen LogP contribution in [0.15, 0.2) is 120 Å². The van der Waals surface area contributed by atoms with Crippen molar-refractivity contribution in [2.24, 2.45) is 0 Å². The summed E-state index contributed by atoms with van der Waals surface area (Å²) < 4.78 is 10.5. The molecule has 0 bridgehead atoms. The largest absolute Gasteiger partial charge is 0.456 e. The van der Waals surface area contributed by atoms with Crippen LogP contribution in [0, 0.1) is 26.0 Å². The van der Waals surface area contributed by atoms with E-state index >= 15 is 0 Å². The number of benzene rings is 5. The van der Waals surface area contributed by atoms with Crippen molar-refractivity contribution in [3.05, 3.63) is 139 Å². The Kier molecular flexibility index (Phi) is 6.68. The third kappa shape index (κ3) is 4.39. The van der Waals surface area contributed by atoms with Crippen molar-refractivity contribution in [2.75, 3.05) is 0 Å². The van der Waals surface area contributed by atoms with Crippen molar-refractivity contribution in [1.29, 1.82) is 0 Å². The third-order valence-corrected chi connectivity index (χ3v) is 8.35. The number of aromatic nitrogens is 5. The molecular weight excluding hydrogens is 747 g/mol. The van der Waals surface area contributed by atoms with Gasteiger partial charge in [-0.1, -0.05) is 49.4 Å². The second-order valence-corrected chi connectivity index (χ2v) is 11.4. The molecule has 10 rings (SSSR count). The van der Waals surface area contributed by atoms with Gasteiger partial charge in [0, 0.05) is 48.5 Å². The zero-order valence-electron chi connectivity index (χ0n) is 24.9. The van der Waals surface area contributed by atoms with Gasteiger partial charge in [-0.15, -0.1) is 41.5 Å². The molecule has 0 aliphatic carbocycles. The molecule has 10 aromatic rings. The molecule has 0 amide bonds. The minimum absolute atomic E-state index is 0. The summed E-state index contributed by atoms with van der Waals surface area (Å²) in [7, 11) is 0. The molecule has 0 aliphatic heterocycles.